The monoisotopic (exact) mass is 264 g/mol. The van der Waals surface area contributed by atoms with Crippen molar-refractivity contribution >= 4 is 21.8 Å². The van der Waals surface area contributed by atoms with E-state index in [2.05, 4.69) is 0 Å². The first kappa shape index (κ1) is 21.9. The Morgan fingerprint density at radius 2 is 1.50 bits per heavy atom. The molecule has 1 aromatic carbocycles. The van der Waals surface area contributed by atoms with E-state index in [0.29, 0.717) is 0 Å². The van der Waals surface area contributed by atoms with E-state index in [1.165, 1.54) is 0 Å². The summed E-state index contributed by atoms with van der Waals surface area (Å²) in [6.45, 7) is 1.94. The molecule has 1 rings (SSSR count). The van der Waals surface area contributed by atoms with E-state index in [1.54, 1.807) is 6.07 Å². The Balaban J connectivity index is -0.000000214. The fourth-order valence-corrected chi connectivity index (χ4v) is 0.699. The third kappa shape index (κ3) is 14.7. The third-order valence-corrected chi connectivity index (χ3v) is 1.29. The first-order valence-electron chi connectivity index (χ1n) is 3.48. The number of rotatable bonds is 0. The largest absolute Gasteiger partial charge is 1.00 e. The molecule has 0 aliphatic rings. The Morgan fingerprint density at radius 1 is 1.12 bits per heavy atom. The van der Waals surface area contributed by atoms with Crippen molar-refractivity contribution in [1.82, 2.24) is 0 Å². The number of benzene rings is 1. The molecule has 9 heteroatoms. The van der Waals surface area contributed by atoms with Crippen LogP contribution in [0.15, 0.2) is 18.2 Å². The molecule has 6 nitrogen and oxygen atoms in total. The van der Waals surface area contributed by atoms with Crippen molar-refractivity contribution < 1.29 is 76.6 Å². The molecule has 16 heavy (non-hydrogen) atoms. The Kier molecular flexibility index (Phi) is 13.3. The van der Waals surface area contributed by atoms with Crippen molar-refractivity contribution in [1.29, 1.82) is 0 Å². The second-order valence-electron chi connectivity index (χ2n) is 2.52. The molecule has 80 valence electrons. The van der Waals surface area contributed by atoms with Crippen LogP contribution in [0.25, 0.3) is 0 Å². The Morgan fingerprint density at radius 3 is 1.75 bits per heavy atom. The van der Waals surface area contributed by atoms with Crippen molar-refractivity contribution in [2.75, 3.05) is 11.5 Å². The van der Waals surface area contributed by atoms with Crippen LogP contribution in [0.2, 0.25) is 0 Å². The quantitative estimate of drug-likeness (QED) is 0.207. The molecule has 1 aromatic rings. The van der Waals surface area contributed by atoms with Crippen LogP contribution in [0.5, 0.6) is 0 Å². The van der Waals surface area contributed by atoms with Crippen molar-refractivity contribution in [2.24, 2.45) is 0 Å². The van der Waals surface area contributed by atoms with E-state index in [4.69, 9.17) is 29.0 Å². The van der Waals surface area contributed by atoms with Gasteiger partial charge in [-0.25, -0.2) is 0 Å². The molecule has 0 aliphatic carbocycles. The van der Waals surface area contributed by atoms with Gasteiger partial charge in [-0.15, -0.1) is 0 Å². The minimum atomic E-state index is -5.17. The number of hydrogen-bond acceptors (Lipinski definition) is 6. The van der Waals surface area contributed by atoms with Crippen LogP contribution in [0.1, 0.15) is 5.56 Å². The van der Waals surface area contributed by atoms with Gasteiger partial charge in [-0.1, -0.05) is 0 Å². The van der Waals surface area contributed by atoms with Crippen LogP contribution >= 0.6 is 0 Å². The summed E-state index contributed by atoms with van der Waals surface area (Å²) >= 11 is 0. The van der Waals surface area contributed by atoms with Crippen LogP contribution < -0.4 is 70.6 Å². The van der Waals surface area contributed by atoms with Crippen molar-refractivity contribution in [3.8, 4) is 0 Å². The normalized spacial score (nSPS) is 8.94. The van der Waals surface area contributed by atoms with Gasteiger partial charge in [0.1, 0.15) is 0 Å². The molecule has 0 aliphatic heterocycles. The summed E-state index contributed by atoms with van der Waals surface area (Å²) in [5.74, 6) is 0. The van der Waals surface area contributed by atoms with Crippen LogP contribution in [-0.4, -0.2) is 17.5 Å². The Labute approximate surface area is 139 Å². The molecule has 0 bridgehead atoms. The van der Waals surface area contributed by atoms with Gasteiger partial charge in [-0.2, -0.15) is 0 Å². The topological polar surface area (TPSA) is 132 Å². The van der Waals surface area contributed by atoms with Gasteiger partial charge in [-0.05, 0) is 30.7 Å². The Hall–Kier alpha value is 0.690. The molecule has 4 N–H and O–H groups in total. The van der Waals surface area contributed by atoms with Gasteiger partial charge in [0.25, 0.3) is 0 Å². The summed E-state index contributed by atoms with van der Waals surface area (Å²) < 4.78 is 34.1. The van der Waals surface area contributed by atoms with E-state index >= 15 is 0 Å². The maximum Gasteiger partial charge on any atom is 1.00 e. The summed E-state index contributed by atoms with van der Waals surface area (Å²) in [5.41, 5.74) is 13.6. The van der Waals surface area contributed by atoms with Gasteiger partial charge >= 0.3 is 59.1 Å². The average molecular weight is 264 g/mol. The zero-order chi connectivity index (χ0) is 11.4. The van der Waals surface area contributed by atoms with Gasteiger partial charge < -0.3 is 20.6 Å². The molecular weight excluding hydrogens is 254 g/mol. The smallest absolute Gasteiger partial charge is 0.759 e. The zero-order valence-corrected chi connectivity index (χ0v) is 14.2. The molecule has 0 heterocycles. The Bertz CT molecular complexity index is 403. The fourth-order valence-electron chi connectivity index (χ4n) is 0.699. The predicted molar refractivity (Wildman–Crippen MR) is 50.5 cm³/mol. The maximum absolute atomic E-state index is 8.52. The fraction of sp³-hybridized carbons (Fsp3) is 0.143. The maximum atomic E-state index is 8.52. The molecule has 0 amide bonds. The first-order chi connectivity index (χ1) is 6.20. The molecule has 0 saturated heterocycles. The summed E-state index contributed by atoms with van der Waals surface area (Å²) in [6, 6.07) is 5.46. The summed E-state index contributed by atoms with van der Waals surface area (Å²) in [5, 5.41) is 0. The summed E-state index contributed by atoms with van der Waals surface area (Å²) in [7, 11) is -5.17. The molecule has 0 spiro atoms. The van der Waals surface area contributed by atoms with Crippen molar-refractivity contribution in [2.45, 2.75) is 6.92 Å². The second kappa shape index (κ2) is 9.69. The number of hydrogen-bond donors (Lipinski definition) is 2. The number of nitrogen functional groups attached to an aromatic ring is 2. The molecule has 0 fully saturated rings. The molecule has 0 unspecified atom stereocenters. The molecule has 0 radical (unpaired) electrons. The van der Waals surface area contributed by atoms with Crippen molar-refractivity contribution in [3.05, 3.63) is 23.8 Å². The van der Waals surface area contributed by atoms with E-state index in [9.17, 15) is 0 Å². The second-order valence-corrected chi connectivity index (χ2v) is 3.34. The van der Waals surface area contributed by atoms with E-state index in [1.807, 2.05) is 19.1 Å². The predicted octanol–water partition coefficient (Wildman–Crippen LogP) is -6.17. The van der Waals surface area contributed by atoms with Gasteiger partial charge in [0.05, 0.1) is 0 Å². The number of aryl methyl sites for hydroxylation is 1. The van der Waals surface area contributed by atoms with Crippen molar-refractivity contribution in [3.63, 3.8) is 0 Å². The van der Waals surface area contributed by atoms with E-state index in [0.717, 1.165) is 16.9 Å². The molecule has 0 saturated carbocycles. The standard InChI is InChI=1S/C7H10N2.2Na.H2O4S/c1-5-4-6(8)2-3-7(5)9;;;1-5(2,3)4/h2-4H,8-9H2,1H3;;;(H2,1,2,3,4)/q;2*+1;/p-2. The zero-order valence-electron chi connectivity index (χ0n) is 9.43. The summed E-state index contributed by atoms with van der Waals surface area (Å²) in [4.78, 5) is 0. The number of anilines is 2. The minimum Gasteiger partial charge on any atom is -0.759 e. The van der Waals surface area contributed by atoms with Gasteiger partial charge in [0.15, 0.2) is 0 Å². The van der Waals surface area contributed by atoms with Gasteiger partial charge in [0, 0.05) is 21.8 Å². The van der Waals surface area contributed by atoms with Gasteiger partial charge in [0.2, 0.25) is 0 Å². The van der Waals surface area contributed by atoms with Crippen LogP contribution in [0, 0.1) is 6.92 Å². The SMILES string of the molecule is Cc1cc(N)ccc1N.O=S(=O)([O-])[O-].[Na+].[Na+]. The van der Waals surface area contributed by atoms with E-state index in [-0.39, 0.29) is 59.1 Å². The first-order valence-corrected chi connectivity index (χ1v) is 4.82. The molecule has 0 aromatic heterocycles. The molecule has 0 atom stereocenters. The molecular formula is C7H10N2Na2O4S. The average Bonchev–Trinajstić information content (AvgIpc) is 1.94. The third-order valence-electron chi connectivity index (χ3n) is 1.29. The van der Waals surface area contributed by atoms with Crippen LogP contribution in [0.4, 0.5) is 11.4 Å². The van der Waals surface area contributed by atoms with Crippen LogP contribution in [-0.2, 0) is 10.4 Å². The van der Waals surface area contributed by atoms with Gasteiger partial charge in [-0.3, -0.25) is 8.42 Å². The van der Waals surface area contributed by atoms with E-state index < -0.39 is 10.4 Å². The number of nitrogens with two attached hydrogens (primary N) is 2. The summed E-state index contributed by atoms with van der Waals surface area (Å²) in [6.07, 6.45) is 0. The van der Waals surface area contributed by atoms with Crippen LogP contribution in [0.3, 0.4) is 0 Å². The minimum absolute atomic E-state index is 0.